The summed E-state index contributed by atoms with van der Waals surface area (Å²) in [5, 5.41) is 20.4. The van der Waals surface area contributed by atoms with E-state index >= 15 is 0 Å². The second-order valence-electron chi connectivity index (χ2n) is 4.38. The smallest absolute Gasteiger partial charge is 0.850 e. The molecule has 0 aliphatic rings. The number of benzene rings is 1. The molecule has 0 unspecified atom stereocenters. The number of nitrogen functional groups attached to an aromatic ring is 1. The van der Waals surface area contributed by atoms with Gasteiger partial charge in [-0.25, -0.2) is 0 Å². The molecule has 0 saturated carbocycles. The summed E-state index contributed by atoms with van der Waals surface area (Å²) in [5.74, 6) is 0. The summed E-state index contributed by atoms with van der Waals surface area (Å²) in [7, 11) is 0. The van der Waals surface area contributed by atoms with Crippen LogP contribution >= 0.6 is 0 Å². The van der Waals surface area contributed by atoms with E-state index in [9.17, 15) is 15.2 Å². The van der Waals surface area contributed by atoms with Crippen molar-refractivity contribution in [2.24, 2.45) is 0 Å². The number of nitrogens with zero attached hydrogens (tertiary/aromatic N) is 1. The molecule has 0 bridgehead atoms. The van der Waals surface area contributed by atoms with E-state index in [0.717, 1.165) is 5.56 Å². The summed E-state index contributed by atoms with van der Waals surface area (Å²) in [5.41, 5.74) is 5.65. The fourth-order valence-electron chi connectivity index (χ4n) is 0.824. The molecule has 0 aliphatic carbocycles. The first-order chi connectivity index (χ1) is 7.13. The number of para-hydroxylation sites is 1. The van der Waals surface area contributed by atoms with E-state index < -0.39 is 10.5 Å². The first kappa shape index (κ1) is 19.4. The number of hydrogen-bond acceptors (Lipinski definition) is 4. The molecule has 1 rings (SSSR count). The van der Waals surface area contributed by atoms with Crippen LogP contribution in [0.2, 0.25) is 0 Å². The maximum absolute atomic E-state index is 10.3. The minimum Gasteiger partial charge on any atom is -0.850 e. The molecular weight excluding hydrogens is 247 g/mol. The van der Waals surface area contributed by atoms with E-state index in [1.165, 1.54) is 6.07 Å². The molecule has 17 heavy (non-hydrogen) atoms. The summed E-state index contributed by atoms with van der Waals surface area (Å²) < 4.78 is 0. The number of rotatable bonds is 1. The quantitative estimate of drug-likeness (QED) is 0.293. The minimum absolute atomic E-state index is 0. The van der Waals surface area contributed by atoms with Crippen LogP contribution in [-0.4, -0.2) is 10.5 Å². The van der Waals surface area contributed by atoms with E-state index in [2.05, 4.69) is 0 Å². The monoisotopic (exact) mass is 264 g/mol. The molecule has 0 amide bonds. The van der Waals surface area contributed by atoms with Crippen molar-refractivity contribution in [1.82, 2.24) is 0 Å². The molecule has 0 aromatic heterocycles. The number of anilines is 1. The number of hydrogen-bond donors (Lipinski definition) is 1. The van der Waals surface area contributed by atoms with Gasteiger partial charge < -0.3 is 10.8 Å². The second-order valence-corrected chi connectivity index (χ2v) is 4.38. The van der Waals surface area contributed by atoms with Crippen LogP contribution in [0, 0.1) is 17.0 Å². The van der Waals surface area contributed by atoms with Crippen LogP contribution in [-0.2, 0) is 0 Å². The Bertz CT molecular complexity index is 369. The molecule has 0 spiro atoms. The van der Waals surface area contributed by atoms with Crippen molar-refractivity contribution >= 4 is 11.4 Å². The van der Waals surface area contributed by atoms with E-state index in [4.69, 9.17) is 5.73 Å². The predicted molar refractivity (Wildman–Crippen MR) is 62.0 cm³/mol. The van der Waals surface area contributed by atoms with Gasteiger partial charge >= 0.3 is 51.4 Å². The van der Waals surface area contributed by atoms with Gasteiger partial charge in [0.25, 0.3) is 5.69 Å². The van der Waals surface area contributed by atoms with Crippen molar-refractivity contribution in [2.45, 2.75) is 33.3 Å². The van der Waals surface area contributed by atoms with Gasteiger partial charge in [-0.15, -0.1) is 5.60 Å². The molecule has 5 nitrogen and oxygen atoms in total. The molecule has 0 atom stereocenters. The molecular formula is C11H17KN2O3. The zero-order valence-electron chi connectivity index (χ0n) is 11.0. The average molecular weight is 264 g/mol. The molecule has 90 valence electrons. The summed E-state index contributed by atoms with van der Waals surface area (Å²) in [6.07, 6.45) is 0. The van der Waals surface area contributed by atoms with Crippen LogP contribution in [0.3, 0.4) is 0 Å². The Morgan fingerprint density at radius 1 is 1.29 bits per heavy atom. The third-order valence-electron chi connectivity index (χ3n) is 1.50. The number of nitrogens with two attached hydrogens (primary N) is 1. The zero-order chi connectivity index (χ0) is 12.9. The van der Waals surface area contributed by atoms with E-state index in [1.54, 1.807) is 39.8 Å². The summed E-state index contributed by atoms with van der Waals surface area (Å²) in [6.45, 7) is 6.63. The molecule has 6 heteroatoms. The summed E-state index contributed by atoms with van der Waals surface area (Å²) >= 11 is 0. The topological polar surface area (TPSA) is 92.2 Å². The van der Waals surface area contributed by atoms with Crippen LogP contribution in [0.1, 0.15) is 26.3 Å². The third kappa shape index (κ3) is 9.69. The van der Waals surface area contributed by atoms with Crippen molar-refractivity contribution in [3.8, 4) is 0 Å². The van der Waals surface area contributed by atoms with Gasteiger partial charge in [0.15, 0.2) is 0 Å². The number of nitro benzene ring substituents is 1. The SMILES string of the molecule is CC(C)(C)[O-].Cc1cccc([N+](=O)[O-])c1N.[K+]. The normalized spacial score (nSPS) is 9.71. The molecule has 0 radical (unpaired) electrons. The molecule has 1 aromatic rings. The standard InChI is InChI=1S/C7H8N2O2.C4H9O.K/c1-5-3-2-4-6(7(5)8)9(10)11;1-4(2,3)5;/h2-4H,8H2,1H3;1-3H3;/q;-1;+1. The Morgan fingerprint density at radius 2 is 1.71 bits per heavy atom. The predicted octanol–water partition coefficient (Wildman–Crippen LogP) is -1.37. The first-order valence-corrected chi connectivity index (χ1v) is 4.83. The first-order valence-electron chi connectivity index (χ1n) is 4.83. The van der Waals surface area contributed by atoms with E-state index in [1.807, 2.05) is 0 Å². The maximum Gasteiger partial charge on any atom is 1.00 e. The van der Waals surface area contributed by atoms with Crippen LogP contribution in [0.4, 0.5) is 11.4 Å². The molecule has 2 N–H and O–H groups in total. The Hall–Kier alpha value is 0.0164. The van der Waals surface area contributed by atoms with Crippen molar-refractivity contribution in [1.29, 1.82) is 0 Å². The van der Waals surface area contributed by atoms with Crippen LogP contribution in [0.25, 0.3) is 0 Å². The molecule has 1 aromatic carbocycles. The van der Waals surface area contributed by atoms with Gasteiger partial charge in [-0.3, -0.25) is 10.1 Å². The van der Waals surface area contributed by atoms with Gasteiger partial charge in [-0.05, 0) is 12.5 Å². The van der Waals surface area contributed by atoms with Crippen molar-refractivity contribution in [3.05, 3.63) is 33.9 Å². The zero-order valence-corrected chi connectivity index (χ0v) is 14.1. The Kier molecular flexibility index (Phi) is 9.31. The van der Waals surface area contributed by atoms with Crippen molar-refractivity contribution in [2.75, 3.05) is 5.73 Å². The van der Waals surface area contributed by atoms with E-state index in [-0.39, 0.29) is 62.8 Å². The number of aryl methyl sites for hydroxylation is 1. The maximum atomic E-state index is 10.3. The van der Waals surface area contributed by atoms with Crippen LogP contribution < -0.4 is 62.2 Å². The average Bonchev–Trinajstić information content (AvgIpc) is 2.06. The van der Waals surface area contributed by atoms with Crippen LogP contribution in [0.5, 0.6) is 0 Å². The van der Waals surface area contributed by atoms with Crippen LogP contribution in [0.15, 0.2) is 18.2 Å². The van der Waals surface area contributed by atoms with Gasteiger partial charge in [0.1, 0.15) is 5.69 Å². The Labute approximate surface area is 144 Å². The molecule has 0 aliphatic heterocycles. The van der Waals surface area contributed by atoms with E-state index in [0.29, 0.717) is 0 Å². The van der Waals surface area contributed by atoms with Gasteiger partial charge in [0.2, 0.25) is 0 Å². The second kappa shape index (κ2) is 8.18. The fraction of sp³-hybridized carbons (Fsp3) is 0.455. The van der Waals surface area contributed by atoms with Gasteiger partial charge in [-0.1, -0.05) is 32.9 Å². The Balaban J connectivity index is 0. The minimum atomic E-state index is -0.750. The van der Waals surface area contributed by atoms with Gasteiger partial charge in [-0.2, -0.15) is 0 Å². The molecule has 0 heterocycles. The van der Waals surface area contributed by atoms with Crippen molar-refractivity contribution < 1.29 is 61.4 Å². The van der Waals surface area contributed by atoms with Crippen molar-refractivity contribution in [3.63, 3.8) is 0 Å². The fourth-order valence-corrected chi connectivity index (χ4v) is 0.824. The van der Waals surface area contributed by atoms with Gasteiger partial charge in [0.05, 0.1) is 4.92 Å². The largest absolute Gasteiger partial charge is 1.00 e. The Morgan fingerprint density at radius 3 is 2.00 bits per heavy atom. The third-order valence-corrected chi connectivity index (χ3v) is 1.50. The molecule has 0 fully saturated rings. The number of nitro groups is 1. The molecule has 0 saturated heterocycles. The summed E-state index contributed by atoms with van der Waals surface area (Å²) in [6, 6.07) is 4.74. The van der Waals surface area contributed by atoms with Gasteiger partial charge in [0, 0.05) is 6.07 Å². The summed E-state index contributed by atoms with van der Waals surface area (Å²) in [4.78, 5) is 9.82.